The zero-order valence-corrected chi connectivity index (χ0v) is 14.7. The first kappa shape index (κ1) is 17.6. The summed E-state index contributed by atoms with van der Waals surface area (Å²) in [5, 5.41) is 0. The van der Waals surface area contributed by atoms with Gasteiger partial charge in [0, 0.05) is 24.2 Å². The molecule has 23 heavy (non-hydrogen) atoms. The summed E-state index contributed by atoms with van der Waals surface area (Å²) >= 11 is 0. The van der Waals surface area contributed by atoms with Gasteiger partial charge in [-0.1, -0.05) is 12.1 Å². The van der Waals surface area contributed by atoms with E-state index in [1.165, 1.54) is 29.4 Å². The smallest absolute Gasteiger partial charge is 0.243 e. The van der Waals surface area contributed by atoms with Gasteiger partial charge >= 0.3 is 0 Å². The Hall–Kier alpha value is -1.73. The molecule has 1 saturated heterocycles. The van der Waals surface area contributed by atoms with Crippen LogP contribution in [0, 0.1) is 0 Å². The van der Waals surface area contributed by atoms with Gasteiger partial charge in [0.1, 0.15) is 0 Å². The lowest BCUT2D eigenvalue weighted by molar-refractivity contribution is -0.139. The highest BCUT2D eigenvalue weighted by Crippen LogP contribution is 2.22. The van der Waals surface area contributed by atoms with Crippen molar-refractivity contribution in [2.75, 3.05) is 19.6 Å². The highest BCUT2D eigenvalue weighted by atomic mass is 32.2. The molecule has 0 bridgehead atoms. The van der Waals surface area contributed by atoms with Crippen molar-refractivity contribution < 1.29 is 18.0 Å². The molecule has 1 heterocycles. The molecule has 2 rings (SSSR count). The maximum atomic E-state index is 12.7. The van der Waals surface area contributed by atoms with Crippen molar-refractivity contribution in [2.45, 2.75) is 38.1 Å². The fourth-order valence-corrected chi connectivity index (χ4v) is 4.02. The Bertz CT molecular complexity index is 735. The van der Waals surface area contributed by atoms with Gasteiger partial charge in [0.25, 0.3) is 0 Å². The van der Waals surface area contributed by atoms with Crippen LogP contribution in [-0.4, -0.2) is 54.5 Å². The molecule has 0 aliphatic carbocycles. The van der Waals surface area contributed by atoms with Crippen LogP contribution in [0.5, 0.6) is 0 Å². The van der Waals surface area contributed by atoms with E-state index in [1.807, 2.05) is 20.8 Å². The van der Waals surface area contributed by atoms with Crippen molar-refractivity contribution in [3.63, 3.8) is 0 Å². The molecule has 1 amide bonds. The summed E-state index contributed by atoms with van der Waals surface area (Å²) in [5.74, 6) is -0.411. The number of Topliss-reactive ketones (excluding diaryl/α,β-unsaturated/α-hetero) is 1. The maximum Gasteiger partial charge on any atom is 0.243 e. The molecule has 0 spiro atoms. The number of carbonyl (C=O) groups is 2. The van der Waals surface area contributed by atoms with E-state index in [0.717, 1.165) is 0 Å². The number of rotatable bonds is 3. The molecule has 1 aromatic rings. The standard InChI is InChI=1S/C16H22N2O4S/c1-12(19)13-6-5-7-14(10-13)23(21,22)17-8-9-18(15(20)11-17)16(2,3)4/h5-7,10H,8-9,11H2,1-4H3. The topological polar surface area (TPSA) is 74.8 Å². The zero-order chi connectivity index (χ0) is 17.4. The predicted molar refractivity (Wildman–Crippen MR) is 86.7 cm³/mol. The van der Waals surface area contributed by atoms with Crippen LogP contribution in [-0.2, 0) is 14.8 Å². The third-order valence-electron chi connectivity index (χ3n) is 3.87. The molecule has 126 valence electrons. The third-order valence-corrected chi connectivity index (χ3v) is 5.71. The second kappa shape index (κ2) is 6.05. The van der Waals surface area contributed by atoms with E-state index in [-0.39, 0.29) is 35.2 Å². The molecule has 6 nitrogen and oxygen atoms in total. The van der Waals surface area contributed by atoms with E-state index in [1.54, 1.807) is 11.0 Å². The summed E-state index contributed by atoms with van der Waals surface area (Å²) in [6.07, 6.45) is 0. The van der Waals surface area contributed by atoms with Crippen LogP contribution in [0.3, 0.4) is 0 Å². The largest absolute Gasteiger partial charge is 0.335 e. The number of hydrogen-bond donors (Lipinski definition) is 0. The Kier molecular flexibility index (Phi) is 4.64. The normalized spacial score (nSPS) is 17.4. The minimum absolute atomic E-state index is 0.0437. The highest BCUT2D eigenvalue weighted by molar-refractivity contribution is 7.89. The molecule has 1 aliphatic rings. The van der Waals surface area contributed by atoms with E-state index in [2.05, 4.69) is 0 Å². The Morgan fingerprint density at radius 2 is 1.83 bits per heavy atom. The SMILES string of the molecule is CC(=O)c1cccc(S(=O)(=O)N2CCN(C(C)(C)C)C(=O)C2)c1. The number of sulfonamides is 1. The Morgan fingerprint density at radius 3 is 2.35 bits per heavy atom. The quantitative estimate of drug-likeness (QED) is 0.783. The molecule has 0 N–H and O–H groups in total. The molecule has 1 fully saturated rings. The first-order chi connectivity index (χ1) is 10.5. The van der Waals surface area contributed by atoms with E-state index in [9.17, 15) is 18.0 Å². The fraction of sp³-hybridized carbons (Fsp3) is 0.500. The molecule has 0 atom stereocenters. The highest BCUT2D eigenvalue weighted by Gasteiger charge is 2.36. The van der Waals surface area contributed by atoms with Crippen LogP contribution in [0.25, 0.3) is 0 Å². The van der Waals surface area contributed by atoms with Gasteiger partial charge < -0.3 is 4.90 Å². The van der Waals surface area contributed by atoms with E-state index in [4.69, 9.17) is 0 Å². The van der Waals surface area contributed by atoms with Gasteiger partial charge in [-0.3, -0.25) is 9.59 Å². The van der Waals surface area contributed by atoms with Crippen molar-refractivity contribution in [2.24, 2.45) is 0 Å². The van der Waals surface area contributed by atoms with Crippen LogP contribution in [0.15, 0.2) is 29.2 Å². The molecule has 0 radical (unpaired) electrons. The molecular weight excluding hydrogens is 316 g/mol. The first-order valence-electron chi connectivity index (χ1n) is 7.45. The lowest BCUT2D eigenvalue weighted by Gasteiger charge is -2.41. The predicted octanol–water partition coefficient (Wildman–Crippen LogP) is 1.52. The number of benzene rings is 1. The molecule has 7 heteroatoms. The fourth-order valence-electron chi connectivity index (χ4n) is 2.59. The summed E-state index contributed by atoms with van der Waals surface area (Å²) in [6, 6.07) is 5.92. The number of hydrogen-bond acceptors (Lipinski definition) is 4. The van der Waals surface area contributed by atoms with E-state index >= 15 is 0 Å². The third kappa shape index (κ3) is 3.61. The molecule has 1 aliphatic heterocycles. The van der Waals surface area contributed by atoms with Gasteiger partial charge in [-0.15, -0.1) is 0 Å². The van der Waals surface area contributed by atoms with Crippen molar-refractivity contribution in [1.82, 2.24) is 9.21 Å². The summed E-state index contributed by atoms with van der Waals surface area (Å²) in [7, 11) is -3.79. The first-order valence-corrected chi connectivity index (χ1v) is 8.89. The Labute approximate surface area is 137 Å². The molecule has 0 unspecified atom stereocenters. The molecular formula is C16H22N2O4S. The van der Waals surface area contributed by atoms with Gasteiger partial charge in [-0.2, -0.15) is 4.31 Å². The number of carbonyl (C=O) groups excluding carboxylic acids is 2. The maximum absolute atomic E-state index is 12.7. The molecule has 0 aromatic heterocycles. The Balaban J connectivity index is 2.27. The molecule has 1 aromatic carbocycles. The van der Waals surface area contributed by atoms with Crippen LogP contribution in [0.4, 0.5) is 0 Å². The zero-order valence-electron chi connectivity index (χ0n) is 13.9. The van der Waals surface area contributed by atoms with Gasteiger partial charge in [0.2, 0.25) is 15.9 Å². The second-order valence-corrected chi connectivity index (χ2v) is 8.58. The molecule has 0 saturated carbocycles. The monoisotopic (exact) mass is 338 g/mol. The second-order valence-electron chi connectivity index (χ2n) is 6.64. The number of nitrogens with zero attached hydrogens (tertiary/aromatic N) is 2. The van der Waals surface area contributed by atoms with Gasteiger partial charge in [-0.05, 0) is 39.8 Å². The minimum atomic E-state index is -3.79. The summed E-state index contributed by atoms with van der Waals surface area (Å²) in [6.45, 7) is 7.58. The van der Waals surface area contributed by atoms with E-state index < -0.39 is 10.0 Å². The van der Waals surface area contributed by atoms with Crippen molar-refractivity contribution in [1.29, 1.82) is 0 Å². The van der Waals surface area contributed by atoms with Crippen LogP contribution < -0.4 is 0 Å². The lowest BCUT2D eigenvalue weighted by atomic mass is 10.1. The summed E-state index contributed by atoms with van der Waals surface area (Å²) < 4.78 is 26.6. The van der Waals surface area contributed by atoms with Crippen LogP contribution in [0.1, 0.15) is 38.1 Å². The van der Waals surface area contributed by atoms with Gasteiger partial charge in [0.15, 0.2) is 5.78 Å². The van der Waals surface area contributed by atoms with Crippen molar-refractivity contribution >= 4 is 21.7 Å². The summed E-state index contributed by atoms with van der Waals surface area (Å²) in [4.78, 5) is 25.4. The Morgan fingerprint density at radius 1 is 1.17 bits per heavy atom. The van der Waals surface area contributed by atoms with Gasteiger partial charge in [-0.25, -0.2) is 8.42 Å². The van der Waals surface area contributed by atoms with Crippen LogP contribution >= 0.6 is 0 Å². The van der Waals surface area contributed by atoms with Crippen molar-refractivity contribution in [3.8, 4) is 0 Å². The average molecular weight is 338 g/mol. The van der Waals surface area contributed by atoms with E-state index in [0.29, 0.717) is 12.1 Å². The average Bonchev–Trinajstić information content (AvgIpc) is 2.45. The summed E-state index contributed by atoms with van der Waals surface area (Å²) in [5.41, 5.74) is 0.00677. The lowest BCUT2D eigenvalue weighted by Crippen LogP contribution is -2.57. The number of piperazine rings is 1. The minimum Gasteiger partial charge on any atom is -0.335 e. The number of ketones is 1. The van der Waals surface area contributed by atoms with Gasteiger partial charge in [0.05, 0.1) is 11.4 Å². The van der Waals surface area contributed by atoms with Crippen molar-refractivity contribution in [3.05, 3.63) is 29.8 Å². The van der Waals surface area contributed by atoms with Crippen LogP contribution in [0.2, 0.25) is 0 Å². The number of amides is 1.